The average Bonchev–Trinajstić information content (AvgIpc) is 3.21. The summed E-state index contributed by atoms with van der Waals surface area (Å²) in [5.41, 5.74) is 5.11. The fraction of sp³-hybridized carbons (Fsp3) is 0.0500. The van der Waals surface area contributed by atoms with E-state index in [1.54, 1.807) is 6.55 Å². The fourth-order valence-corrected chi connectivity index (χ4v) is 6.60. The molecule has 2 aromatic carbocycles. The molecular formula is C20H13NZr. The zero-order valence-electron chi connectivity index (χ0n) is 12.0. The van der Waals surface area contributed by atoms with E-state index in [1.807, 2.05) is 0 Å². The molecule has 2 aliphatic carbocycles. The monoisotopic (exact) mass is 357 g/mol. The van der Waals surface area contributed by atoms with Gasteiger partial charge in [0.1, 0.15) is 0 Å². The molecule has 3 aliphatic rings. The van der Waals surface area contributed by atoms with Gasteiger partial charge in [0, 0.05) is 0 Å². The zero-order valence-corrected chi connectivity index (χ0v) is 14.5. The van der Waals surface area contributed by atoms with E-state index in [9.17, 15) is 0 Å². The Morgan fingerprint density at radius 1 is 1.00 bits per heavy atom. The molecule has 0 N–H and O–H groups in total. The zero-order chi connectivity index (χ0) is 14.5. The Balaban J connectivity index is 1.74. The molecule has 0 amide bonds. The SMILES string of the molecule is C1=CC[C]([Zr][c]2cccc3c2C2=c4ccccc4=CC2=N3)=C1. The molecular weight excluding hydrogens is 345 g/mol. The van der Waals surface area contributed by atoms with E-state index in [0.29, 0.717) is 0 Å². The van der Waals surface area contributed by atoms with Gasteiger partial charge in [-0.2, -0.15) is 0 Å². The van der Waals surface area contributed by atoms with Gasteiger partial charge in [0.15, 0.2) is 0 Å². The first-order valence-corrected chi connectivity index (χ1v) is 10.0. The first kappa shape index (κ1) is 12.7. The minimum atomic E-state index is -0.720. The van der Waals surface area contributed by atoms with Crippen LogP contribution in [0, 0.1) is 0 Å². The summed E-state index contributed by atoms with van der Waals surface area (Å²) in [4.78, 5) is 4.88. The van der Waals surface area contributed by atoms with Gasteiger partial charge in [0.05, 0.1) is 0 Å². The van der Waals surface area contributed by atoms with Crippen molar-refractivity contribution in [3.05, 3.63) is 80.0 Å². The molecule has 0 saturated carbocycles. The summed E-state index contributed by atoms with van der Waals surface area (Å²) in [5, 5.41) is 2.66. The van der Waals surface area contributed by atoms with Crippen molar-refractivity contribution in [3.8, 4) is 0 Å². The number of rotatable bonds is 2. The molecule has 0 spiro atoms. The molecule has 5 rings (SSSR count). The second kappa shape index (κ2) is 4.86. The molecule has 1 heterocycles. The van der Waals surface area contributed by atoms with Crippen LogP contribution in [0.4, 0.5) is 5.69 Å². The number of hydrogen-bond acceptors (Lipinski definition) is 1. The Bertz CT molecular complexity index is 1020. The summed E-state index contributed by atoms with van der Waals surface area (Å²) < 4.78 is 3.22. The van der Waals surface area contributed by atoms with Gasteiger partial charge >= 0.3 is 141 Å². The molecule has 2 heteroatoms. The van der Waals surface area contributed by atoms with E-state index < -0.39 is 23.2 Å². The van der Waals surface area contributed by atoms with E-state index in [0.717, 1.165) is 12.1 Å². The normalized spacial score (nSPS) is 16.6. The predicted molar refractivity (Wildman–Crippen MR) is 87.7 cm³/mol. The van der Waals surface area contributed by atoms with Gasteiger partial charge in [0.25, 0.3) is 0 Å². The third-order valence-electron chi connectivity index (χ3n) is 4.38. The van der Waals surface area contributed by atoms with E-state index in [2.05, 4.69) is 66.8 Å². The van der Waals surface area contributed by atoms with Crippen molar-refractivity contribution in [2.45, 2.75) is 6.42 Å². The van der Waals surface area contributed by atoms with Crippen molar-refractivity contribution in [3.63, 3.8) is 0 Å². The molecule has 2 aromatic rings. The quantitative estimate of drug-likeness (QED) is 0.781. The van der Waals surface area contributed by atoms with Gasteiger partial charge < -0.3 is 0 Å². The number of benzene rings is 2. The van der Waals surface area contributed by atoms with Crippen molar-refractivity contribution in [2.24, 2.45) is 4.99 Å². The predicted octanol–water partition coefficient (Wildman–Crippen LogP) is 2.32. The van der Waals surface area contributed by atoms with Crippen LogP contribution in [0.1, 0.15) is 12.0 Å². The summed E-state index contributed by atoms with van der Waals surface area (Å²) in [5.74, 6) is 0. The van der Waals surface area contributed by atoms with Crippen LogP contribution < -0.4 is 13.7 Å². The maximum absolute atomic E-state index is 4.88. The number of allylic oxidation sites excluding steroid dienone is 4. The Kier molecular flexibility index (Phi) is 2.81. The molecule has 0 saturated heterocycles. The Labute approximate surface area is 140 Å². The van der Waals surface area contributed by atoms with Crippen LogP contribution in [0.25, 0.3) is 11.6 Å². The van der Waals surface area contributed by atoms with Gasteiger partial charge in [-0.15, -0.1) is 0 Å². The van der Waals surface area contributed by atoms with Crippen molar-refractivity contribution >= 4 is 26.3 Å². The second-order valence-corrected chi connectivity index (χ2v) is 9.27. The molecule has 22 heavy (non-hydrogen) atoms. The van der Waals surface area contributed by atoms with E-state index in [1.165, 1.54) is 27.3 Å². The van der Waals surface area contributed by atoms with Crippen molar-refractivity contribution < 1.29 is 23.2 Å². The molecule has 0 unspecified atom stereocenters. The summed E-state index contributed by atoms with van der Waals surface area (Å²) in [7, 11) is 0. The van der Waals surface area contributed by atoms with E-state index in [-0.39, 0.29) is 0 Å². The van der Waals surface area contributed by atoms with Gasteiger partial charge in [-0.05, 0) is 0 Å². The summed E-state index contributed by atoms with van der Waals surface area (Å²) in [6.45, 7) is 0. The number of nitrogens with zero attached hydrogens (tertiary/aromatic N) is 1. The van der Waals surface area contributed by atoms with E-state index >= 15 is 0 Å². The van der Waals surface area contributed by atoms with Crippen molar-refractivity contribution in [2.75, 3.05) is 0 Å². The summed E-state index contributed by atoms with van der Waals surface area (Å²) >= 11 is -0.720. The van der Waals surface area contributed by atoms with Crippen LogP contribution in [0.2, 0.25) is 0 Å². The summed E-state index contributed by atoms with van der Waals surface area (Å²) in [6, 6.07) is 15.3. The van der Waals surface area contributed by atoms with Crippen molar-refractivity contribution in [1.82, 2.24) is 0 Å². The topological polar surface area (TPSA) is 12.4 Å². The van der Waals surface area contributed by atoms with Crippen molar-refractivity contribution in [1.29, 1.82) is 0 Å². The van der Waals surface area contributed by atoms with Crippen LogP contribution in [0.5, 0.6) is 0 Å². The van der Waals surface area contributed by atoms with Crippen LogP contribution in [-0.2, 0) is 23.2 Å². The molecule has 0 bridgehead atoms. The maximum atomic E-state index is 4.88. The Morgan fingerprint density at radius 3 is 2.86 bits per heavy atom. The molecule has 0 atom stereocenters. The summed E-state index contributed by atoms with van der Waals surface area (Å²) in [6.07, 6.45) is 10.2. The van der Waals surface area contributed by atoms with Gasteiger partial charge in [-0.25, -0.2) is 0 Å². The standard InChI is InChI=1S/C15H8N.C5H5.Zr/c1-2-6-11-10(5-1)9-14-15(11)12-7-3-4-8-13(12)16-14;1-2-4-5-3-1;/h1-6,8-9H;1-3H,4H2;. The molecule has 1 nitrogen and oxygen atoms in total. The minimum absolute atomic E-state index is 0.720. The average molecular weight is 359 g/mol. The Morgan fingerprint density at radius 2 is 1.95 bits per heavy atom. The first-order chi connectivity index (χ1) is 10.9. The van der Waals surface area contributed by atoms with E-state index in [4.69, 9.17) is 4.99 Å². The van der Waals surface area contributed by atoms with Crippen LogP contribution in [0.3, 0.4) is 0 Å². The van der Waals surface area contributed by atoms with Crippen LogP contribution in [0.15, 0.2) is 69.0 Å². The van der Waals surface area contributed by atoms with Gasteiger partial charge in [0.2, 0.25) is 0 Å². The molecule has 102 valence electrons. The second-order valence-electron chi connectivity index (χ2n) is 5.75. The third kappa shape index (κ3) is 1.84. The van der Waals surface area contributed by atoms with Crippen LogP contribution in [-0.4, -0.2) is 5.71 Å². The van der Waals surface area contributed by atoms with Crippen LogP contribution >= 0.6 is 0 Å². The number of hydrogen-bond donors (Lipinski definition) is 0. The molecule has 0 fully saturated rings. The molecule has 1 aliphatic heterocycles. The number of aliphatic imine (C=N–C) groups is 1. The number of fused-ring (bicyclic) bond motifs is 4. The van der Waals surface area contributed by atoms with Gasteiger partial charge in [-0.3, -0.25) is 0 Å². The fourth-order valence-electron chi connectivity index (χ4n) is 3.40. The third-order valence-corrected chi connectivity index (χ3v) is 7.77. The molecule has 0 radical (unpaired) electrons. The molecule has 0 aromatic heterocycles. The van der Waals surface area contributed by atoms with Gasteiger partial charge in [-0.1, -0.05) is 0 Å². The Hall–Kier alpha value is -1.79. The first-order valence-electron chi connectivity index (χ1n) is 7.56.